The predicted molar refractivity (Wildman–Crippen MR) is 89.6 cm³/mol. The van der Waals surface area contributed by atoms with Crippen LogP contribution in [0.1, 0.15) is 52.4 Å². The molecule has 3 fully saturated rings. The summed E-state index contributed by atoms with van der Waals surface area (Å²) < 4.78 is 0. The first-order chi connectivity index (χ1) is 10.2. The van der Waals surface area contributed by atoms with Crippen LogP contribution >= 0.6 is 0 Å². The van der Waals surface area contributed by atoms with Crippen molar-refractivity contribution >= 4 is 0 Å². The van der Waals surface area contributed by atoms with Gasteiger partial charge >= 0.3 is 0 Å². The molecular weight excluding hydrogens is 258 g/mol. The molecule has 2 heterocycles. The molecule has 3 heteroatoms. The molecule has 2 saturated heterocycles. The Labute approximate surface area is 131 Å². The number of rotatable bonds is 4. The summed E-state index contributed by atoms with van der Waals surface area (Å²) in [5.41, 5.74) is 0. The number of piperazine rings is 1. The summed E-state index contributed by atoms with van der Waals surface area (Å²) in [5.74, 6) is 1.87. The van der Waals surface area contributed by atoms with Crippen molar-refractivity contribution in [1.82, 2.24) is 15.1 Å². The van der Waals surface area contributed by atoms with Gasteiger partial charge in [-0.2, -0.15) is 0 Å². The molecule has 0 bridgehead atoms. The zero-order chi connectivity index (χ0) is 14.7. The van der Waals surface area contributed by atoms with E-state index in [1.54, 1.807) is 0 Å². The minimum absolute atomic E-state index is 0.730. The Balaban J connectivity index is 1.45. The minimum Gasteiger partial charge on any atom is -0.311 e. The topological polar surface area (TPSA) is 18.5 Å². The third-order valence-corrected chi connectivity index (χ3v) is 6.07. The SMILES string of the molecule is CC(C)N1CCC(CN2CCNC(C3CCCCC3)C2)C1. The van der Waals surface area contributed by atoms with Crippen LogP contribution in [0.15, 0.2) is 0 Å². The van der Waals surface area contributed by atoms with E-state index in [1.807, 2.05) is 0 Å². The van der Waals surface area contributed by atoms with Gasteiger partial charge in [-0.05, 0) is 51.5 Å². The highest BCUT2D eigenvalue weighted by Crippen LogP contribution is 2.28. The quantitative estimate of drug-likeness (QED) is 0.859. The average molecular weight is 293 g/mol. The molecule has 2 aliphatic heterocycles. The summed E-state index contributed by atoms with van der Waals surface area (Å²) >= 11 is 0. The summed E-state index contributed by atoms with van der Waals surface area (Å²) in [5, 5.41) is 3.82. The van der Waals surface area contributed by atoms with E-state index in [-0.39, 0.29) is 0 Å². The van der Waals surface area contributed by atoms with Crippen molar-refractivity contribution in [2.24, 2.45) is 11.8 Å². The van der Waals surface area contributed by atoms with Crippen molar-refractivity contribution in [2.45, 2.75) is 64.5 Å². The van der Waals surface area contributed by atoms with E-state index >= 15 is 0 Å². The molecule has 0 aromatic heterocycles. The van der Waals surface area contributed by atoms with Gasteiger partial charge in [0.15, 0.2) is 0 Å². The second kappa shape index (κ2) is 7.43. The van der Waals surface area contributed by atoms with Gasteiger partial charge in [0, 0.05) is 44.8 Å². The maximum atomic E-state index is 3.82. The summed E-state index contributed by atoms with van der Waals surface area (Å²) in [7, 11) is 0. The molecular formula is C18H35N3. The van der Waals surface area contributed by atoms with Crippen molar-refractivity contribution in [3.05, 3.63) is 0 Å². The van der Waals surface area contributed by atoms with Gasteiger partial charge < -0.3 is 15.1 Å². The molecule has 0 radical (unpaired) electrons. The number of hydrogen-bond donors (Lipinski definition) is 1. The van der Waals surface area contributed by atoms with Crippen molar-refractivity contribution in [3.8, 4) is 0 Å². The smallest absolute Gasteiger partial charge is 0.0223 e. The summed E-state index contributed by atoms with van der Waals surface area (Å²) in [6, 6.07) is 1.51. The van der Waals surface area contributed by atoms with E-state index in [2.05, 4.69) is 29.0 Å². The molecule has 3 rings (SSSR count). The summed E-state index contributed by atoms with van der Waals surface area (Å²) in [6.45, 7) is 12.5. The predicted octanol–water partition coefficient (Wildman–Crippen LogP) is 2.57. The molecule has 1 saturated carbocycles. The van der Waals surface area contributed by atoms with E-state index in [1.165, 1.54) is 77.8 Å². The van der Waals surface area contributed by atoms with Gasteiger partial charge in [-0.1, -0.05) is 19.3 Å². The lowest BCUT2D eigenvalue weighted by molar-refractivity contribution is 0.129. The van der Waals surface area contributed by atoms with Crippen LogP contribution in [0.4, 0.5) is 0 Å². The lowest BCUT2D eigenvalue weighted by atomic mass is 9.83. The number of nitrogens with one attached hydrogen (secondary N) is 1. The Morgan fingerprint density at radius 1 is 1.00 bits per heavy atom. The first kappa shape index (κ1) is 15.8. The van der Waals surface area contributed by atoms with Crippen LogP contribution < -0.4 is 5.32 Å². The second-order valence-corrected chi connectivity index (χ2v) is 7.96. The molecule has 0 amide bonds. The average Bonchev–Trinajstić information content (AvgIpc) is 2.97. The molecule has 2 unspecified atom stereocenters. The van der Waals surface area contributed by atoms with Crippen LogP contribution in [0.5, 0.6) is 0 Å². The summed E-state index contributed by atoms with van der Waals surface area (Å²) in [4.78, 5) is 5.43. The van der Waals surface area contributed by atoms with Crippen LogP contribution in [0.2, 0.25) is 0 Å². The highest BCUT2D eigenvalue weighted by Gasteiger charge is 2.31. The fourth-order valence-electron chi connectivity index (χ4n) is 4.71. The van der Waals surface area contributed by atoms with E-state index in [0.717, 1.165) is 23.9 Å². The van der Waals surface area contributed by atoms with Gasteiger partial charge in [-0.25, -0.2) is 0 Å². The molecule has 3 aliphatic rings. The second-order valence-electron chi connectivity index (χ2n) is 7.96. The Hall–Kier alpha value is -0.120. The third kappa shape index (κ3) is 4.20. The van der Waals surface area contributed by atoms with Crippen LogP contribution in [0, 0.1) is 11.8 Å². The zero-order valence-electron chi connectivity index (χ0n) is 14.2. The highest BCUT2D eigenvalue weighted by molar-refractivity contribution is 4.88. The largest absolute Gasteiger partial charge is 0.311 e. The monoisotopic (exact) mass is 293 g/mol. The maximum Gasteiger partial charge on any atom is 0.0223 e. The van der Waals surface area contributed by atoms with Crippen molar-refractivity contribution < 1.29 is 0 Å². The van der Waals surface area contributed by atoms with Crippen molar-refractivity contribution in [1.29, 1.82) is 0 Å². The van der Waals surface area contributed by atoms with Crippen molar-refractivity contribution in [3.63, 3.8) is 0 Å². The van der Waals surface area contributed by atoms with Gasteiger partial charge in [0.25, 0.3) is 0 Å². The van der Waals surface area contributed by atoms with Gasteiger partial charge in [0.05, 0.1) is 0 Å². The molecule has 1 aliphatic carbocycles. The molecule has 3 nitrogen and oxygen atoms in total. The van der Waals surface area contributed by atoms with Gasteiger partial charge in [-0.15, -0.1) is 0 Å². The molecule has 122 valence electrons. The fourth-order valence-corrected chi connectivity index (χ4v) is 4.71. The van der Waals surface area contributed by atoms with Gasteiger partial charge in [0.2, 0.25) is 0 Å². The number of hydrogen-bond acceptors (Lipinski definition) is 3. The first-order valence-electron chi connectivity index (χ1n) is 9.42. The van der Waals surface area contributed by atoms with E-state index in [0.29, 0.717) is 0 Å². The van der Waals surface area contributed by atoms with E-state index in [4.69, 9.17) is 0 Å². The Bertz CT molecular complexity index is 312. The van der Waals surface area contributed by atoms with Gasteiger partial charge in [-0.3, -0.25) is 0 Å². The lowest BCUT2D eigenvalue weighted by Crippen LogP contribution is -2.55. The Morgan fingerprint density at radius 3 is 2.52 bits per heavy atom. The highest BCUT2D eigenvalue weighted by atomic mass is 15.2. The van der Waals surface area contributed by atoms with Crippen LogP contribution in [-0.4, -0.2) is 61.2 Å². The summed E-state index contributed by atoms with van der Waals surface area (Å²) in [6.07, 6.45) is 8.76. The zero-order valence-corrected chi connectivity index (χ0v) is 14.2. The number of nitrogens with zero attached hydrogens (tertiary/aromatic N) is 2. The van der Waals surface area contributed by atoms with Gasteiger partial charge in [0.1, 0.15) is 0 Å². The molecule has 0 spiro atoms. The Morgan fingerprint density at radius 2 is 1.81 bits per heavy atom. The number of likely N-dealkylation sites (tertiary alicyclic amines) is 1. The molecule has 21 heavy (non-hydrogen) atoms. The maximum absolute atomic E-state index is 3.82. The standard InChI is InChI=1S/C18H35N3/c1-15(2)21-10-8-16(13-21)12-20-11-9-19-18(14-20)17-6-4-3-5-7-17/h15-19H,3-14H2,1-2H3. The van der Waals surface area contributed by atoms with Crippen LogP contribution in [0.25, 0.3) is 0 Å². The van der Waals surface area contributed by atoms with Crippen LogP contribution in [-0.2, 0) is 0 Å². The Kier molecular flexibility index (Phi) is 5.58. The molecule has 0 aromatic carbocycles. The normalized spacial score (nSPS) is 33.9. The lowest BCUT2D eigenvalue weighted by Gasteiger charge is -2.40. The van der Waals surface area contributed by atoms with Crippen LogP contribution in [0.3, 0.4) is 0 Å². The third-order valence-electron chi connectivity index (χ3n) is 6.07. The van der Waals surface area contributed by atoms with E-state index < -0.39 is 0 Å². The molecule has 2 atom stereocenters. The fraction of sp³-hybridized carbons (Fsp3) is 1.00. The van der Waals surface area contributed by atoms with Crippen molar-refractivity contribution in [2.75, 3.05) is 39.3 Å². The molecule has 0 aromatic rings. The first-order valence-corrected chi connectivity index (χ1v) is 9.42. The molecule has 1 N–H and O–H groups in total. The van der Waals surface area contributed by atoms with E-state index in [9.17, 15) is 0 Å². The minimum atomic E-state index is 0.730.